The number of fused-ring (bicyclic) bond motifs is 1. The van der Waals surface area contributed by atoms with E-state index in [-0.39, 0.29) is 11.7 Å². The highest BCUT2D eigenvalue weighted by molar-refractivity contribution is 6.01. The van der Waals surface area contributed by atoms with E-state index < -0.39 is 0 Å². The number of rotatable bonds is 2. The molecule has 1 aliphatic rings. The fourth-order valence-corrected chi connectivity index (χ4v) is 2.63. The summed E-state index contributed by atoms with van der Waals surface area (Å²) in [5.74, 6) is 0.198. The summed E-state index contributed by atoms with van der Waals surface area (Å²) in [6.45, 7) is 0. The fraction of sp³-hybridized carbons (Fsp3) is 0.267. The molecule has 0 fully saturated rings. The van der Waals surface area contributed by atoms with Gasteiger partial charge in [0.2, 0.25) is 0 Å². The van der Waals surface area contributed by atoms with E-state index in [1.807, 2.05) is 12.1 Å². The highest BCUT2D eigenvalue weighted by Crippen LogP contribution is 2.33. The Morgan fingerprint density at radius 1 is 1.24 bits per heavy atom. The van der Waals surface area contributed by atoms with Gasteiger partial charge in [0, 0.05) is 5.92 Å². The zero-order valence-electron chi connectivity index (χ0n) is 9.56. The fourth-order valence-electron chi connectivity index (χ4n) is 2.63. The first kappa shape index (κ1) is 10.3. The molecule has 2 nitrogen and oxygen atoms in total. The maximum Gasteiger partial charge on any atom is 0.173 e. The summed E-state index contributed by atoms with van der Waals surface area (Å²) in [5.41, 5.74) is 3.21. The zero-order valence-corrected chi connectivity index (χ0v) is 9.56. The first-order valence-corrected chi connectivity index (χ1v) is 6.00. The Bertz CT molecular complexity index is 526. The third-order valence-electron chi connectivity index (χ3n) is 3.49. The average molecular weight is 226 g/mol. The lowest BCUT2D eigenvalue weighted by molar-refractivity contribution is 0.0950. The monoisotopic (exact) mass is 226 g/mol. The van der Waals surface area contributed by atoms with Gasteiger partial charge in [-0.15, -0.1) is 0 Å². The number of Topliss-reactive ketones (excluding diaryl/α,β-unsaturated/α-hetero) is 1. The quantitative estimate of drug-likeness (QED) is 0.732. The van der Waals surface area contributed by atoms with Crippen LogP contribution in [0.25, 0.3) is 0 Å². The van der Waals surface area contributed by atoms with Gasteiger partial charge in [-0.05, 0) is 36.5 Å². The second-order valence-corrected chi connectivity index (χ2v) is 4.52. The maximum atomic E-state index is 12.4. The van der Waals surface area contributed by atoms with E-state index in [2.05, 4.69) is 12.1 Å². The van der Waals surface area contributed by atoms with Crippen molar-refractivity contribution in [1.82, 2.24) is 0 Å². The van der Waals surface area contributed by atoms with Crippen LogP contribution in [0.1, 0.15) is 40.2 Å². The van der Waals surface area contributed by atoms with Crippen LogP contribution in [0.4, 0.5) is 0 Å². The molecule has 1 heterocycles. The first-order valence-electron chi connectivity index (χ1n) is 6.00. The molecule has 0 saturated carbocycles. The number of carbonyl (C=O) groups excluding carboxylic acids is 1. The summed E-state index contributed by atoms with van der Waals surface area (Å²) in [6.07, 6.45) is 6.22. The van der Waals surface area contributed by atoms with Crippen LogP contribution in [-0.4, -0.2) is 5.78 Å². The Balaban J connectivity index is 1.98. The summed E-state index contributed by atoms with van der Waals surface area (Å²) in [5, 5.41) is 0. The van der Waals surface area contributed by atoms with Gasteiger partial charge in [0.1, 0.15) is 6.26 Å². The molecule has 2 aromatic rings. The minimum absolute atomic E-state index is 0.0116. The predicted octanol–water partition coefficient (Wildman–Crippen LogP) is 3.58. The van der Waals surface area contributed by atoms with Crippen LogP contribution < -0.4 is 0 Å². The lowest BCUT2D eigenvalue weighted by Crippen LogP contribution is -2.18. The molecule has 0 saturated heterocycles. The van der Waals surface area contributed by atoms with Crippen LogP contribution in [-0.2, 0) is 6.42 Å². The molecule has 1 aromatic carbocycles. The van der Waals surface area contributed by atoms with Gasteiger partial charge < -0.3 is 4.42 Å². The third kappa shape index (κ3) is 1.80. The Morgan fingerprint density at radius 3 is 2.94 bits per heavy atom. The second-order valence-electron chi connectivity index (χ2n) is 4.52. The normalized spacial score (nSPS) is 18.7. The summed E-state index contributed by atoms with van der Waals surface area (Å²) in [4.78, 5) is 12.4. The second kappa shape index (κ2) is 4.21. The number of aryl methyl sites for hydroxylation is 1. The topological polar surface area (TPSA) is 30.2 Å². The lowest BCUT2D eigenvalue weighted by atomic mass is 9.79. The van der Waals surface area contributed by atoms with E-state index in [1.165, 1.54) is 11.1 Å². The van der Waals surface area contributed by atoms with Crippen molar-refractivity contribution >= 4 is 5.78 Å². The van der Waals surface area contributed by atoms with Crippen LogP contribution in [0.15, 0.2) is 47.3 Å². The molecule has 1 unspecified atom stereocenters. The molecule has 0 aliphatic heterocycles. The first-order chi connectivity index (χ1) is 8.36. The predicted molar refractivity (Wildman–Crippen MR) is 65.2 cm³/mol. The van der Waals surface area contributed by atoms with Crippen LogP contribution in [0, 0.1) is 0 Å². The van der Waals surface area contributed by atoms with E-state index in [0.717, 1.165) is 19.3 Å². The number of ketones is 1. The molecular formula is C15H14O2. The van der Waals surface area contributed by atoms with E-state index >= 15 is 0 Å². The smallest absolute Gasteiger partial charge is 0.173 e. The highest BCUT2D eigenvalue weighted by atomic mass is 16.3. The third-order valence-corrected chi connectivity index (χ3v) is 3.49. The van der Waals surface area contributed by atoms with Crippen molar-refractivity contribution in [3.8, 4) is 0 Å². The molecule has 0 amide bonds. The SMILES string of the molecule is O=C(c1ccoc1)C1CCCc2ccccc21. The van der Waals surface area contributed by atoms with Gasteiger partial charge in [-0.2, -0.15) is 0 Å². The molecular weight excluding hydrogens is 212 g/mol. The number of benzene rings is 1. The number of hydrogen-bond donors (Lipinski definition) is 0. The van der Waals surface area contributed by atoms with Crippen molar-refractivity contribution in [1.29, 1.82) is 0 Å². The average Bonchev–Trinajstić information content (AvgIpc) is 2.91. The van der Waals surface area contributed by atoms with Gasteiger partial charge in [0.15, 0.2) is 5.78 Å². The van der Waals surface area contributed by atoms with E-state index in [4.69, 9.17) is 4.42 Å². The molecule has 0 bridgehead atoms. The Morgan fingerprint density at radius 2 is 2.12 bits per heavy atom. The van der Waals surface area contributed by atoms with Gasteiger partial charge >= 0.3 is 0 Å². The number of carbonyl (C=O) groups is 1. The summed E-state index contributed by atoms with van der Waals surface area (Å²) < 4.78 is 4.99. The largest absolute Gasteiger partial charge is 0.472 e. The standard InChI is InChI=1S/C15H14O2/c16-15(12-8-9-17-10-12)14-7-3-5-11-4-1-2-6-13(11)14/h1-2,4,6,8-10,14H,3,5,7H2. The van der Waals surface area contributed by atoms with Gasteiger partial charge in [0.05, 0.1) is 11.8 Å². The van der Waals surface area contributed by atoms with Gasteiger partial charge in [0.25, 0.3) is 0 Å². The van der Waals surface area contributed by atoms with E-state index in [9.17, 15) is 4.79 Å². The number of furan rings is 1. The van der Waals surface area contributed by atoms with E-state index in [0.29, 0.717) is 5.56 Å². The van der Waals surface area contributed by atoms with Crippen LogP contribution in [0.2, 0.25) is 0 Å². The van der Waals surface area contributed by atoms with Crippen molar-refractivity contribution in [2.24, 2.45) is 0 Å². The zero-order chi connectivity index (χ0) is 11.7. The van der Waals surface area contributed by atoms with E-state index in [1.54, 1.807) is 18.6 Å². The van der Waals surface area contributed by atoms with Crippen LogP contribution in [0.3, 0.4) is 0 Å². The summed E-state index contributed by atoms with van der Waals surface area (Å²) in [6, 6.07) is 10.0. The lowest BCUT2D eigenvalue weighted by Gasteiger charge is -2.23. The molecule has 0 N–H and O–H groups in total. The molecule has 2 heteroatoms. The molecule has 1 aromatic heterocycles. The Kier molecular flexibility index (Phi) is 2.56. The van der Waals surface area contributed by atoms with Crippen molar-refractivity contribution in [2.75, 3.05) is 0 Å². The summed E-state index contributed by atoms with van der Waals surface area (Å²) >= 11 is 0. The molecule has 1 aliphatic carbocycles. The van der Waals surface area contributed by atoms with Crippen LogP contribution >= 0.6 is 0 Å². The van der Waals surface area contributed by atoms with Crippen molar-refractivity contribution in [2.45, 2.75) is 25.2 Å². The molecule has 0 radical (unpaired) electrons. The minimum atomic E-state index is 0.0116. The highest BCUT2D eigenvalue weighted by Gasteiger charge is 2.27. The molecule has 17 heavy (non-hydrogen) atoms. The molecule has 0 spiro atoms. The molecule has 86 valence electrons. The Labute approximate surface area is 100 Å². The summed E-state index contributed by atoms with van der Waals surface area (Å²) in [7, 11) is 0. The van der Waals surface area contributed by atoms with Gasteiger partial charge in [-0.25, -0.2) is 0 Å². The van der Waals surface area contributed by atoms with Crippen LogP contribution in [0.5, 0.6) is 0 Å². The Hall–Kier alpha value is -1.83. The van der Waals surface area contributed by atoms with Crippen molar-refractivity contribution in [3.05, 3.63) is 59.5 Å². The molecule has 3 rings (SSSR count). The minimum Gasteiger partial charge on any atom is -0.472 e. The van der Waals surface area contributed by atoms with Crippen molar-refractivity contribution < 1.29 is 9.21 Å². The molecule has 1 atom stereocenters. The van der Waals surface area contributed by atoms with Gasteiger partial charge in [-0.1, -0.05) is 24.3 Å². The number of hydrogen-bond acceptors (Lipinski definition) is 2. The van der Waals surface area contributed by atoms with Crippen molar-refractivity contribution in [3.63, 3.8) is 0 Å². The maximum absolute atomic E-state index is 12.4. The van der Waals surface area contributed by atoms with Gasteiger partial charge in [-0.3, -0.25) is 4.79 Å².